The molecule has 3 heterocycles. The Morgan fingerprint density at radius 2 is 2.23 bits per heavy atom. The highest BCUT2D eigenvalue weighted by atomic mass is 16.5. The van der Waals surface area contributed by atoms with Gasteiger partial charge in [-0.2, -0.15) is 5.10 Å². The first-order valence-electron chi connectivity index (χ1n) is 7.56. The second-order valence-corrected chi connectivity index (χ2v) is 6.70. The number of ether oxygens (including phenoxy) is 1. The van der Waals surface area contributed by atoms with E-state index < -0.39 is 0 Å². The molecule has 3 rings (SSSR count). The fraction of sp³-hybridized carbons (Fsp3) is 0.714. The molecule has 0 unspecified atom stereocenters. The average Bonchev–Trinajstić information content (AvgIpc) is 3.08. The van der Waals surface area contributed by atoms with Gasteiger partial charge in [-0.05, 0) is 27.7 Å². The molecule has 0 aromatic carbocycles. The van der Waals surface area contributed by atoms with Gasteiger partial charge >= 0.3 is 0 Å². The van der Waals surface area contributed by atoms with Gasteiger partial charge in [0.15, 0.2) is 5.82 Å². The highest BCUT2D eigenvalue weighted by Crippen LogP contribution is 2.20. The molecule has 0 amide bonds. The van der Waals surface area contributed by atoms with E-state index in [0.29, 0.717) is 6.61 Å². The molecule has 1 N–H and O–H groups in total. The summed E-state index contributed by atoms with van der Waals surface area (Å²) in [6.45, 7) is 11.3. The molecule has 1 fully saturated rings. The minimum absolute atomic E-state index is 0.0463. The van der Waals surface area contributed by atoms with Crippen LogP contribution in [0.4, 0.5) is 0 Å². The van der Waals surface area contributed by atoms with Crippen molar-refractivity contribution in [2.24, 2.45) is 0 Å². The van der Waals surface area contributed by atoms with E-state index in [2.05, 4.69) is 51.2 Å². The van der Waals surface area contributed by atoms with E-state index in [0.717, 1.165) is 37.0 Å². The number of hydrogen-bond donors (Lipinski definition) is 1. The predicted octanol–water partition coefficient (Wildman–Crippen LogP) is 1.03. The van der Waals surface area contributed by atoms with Crippen molar-refractivity contribution in [1.29, 1.82) is 0 Å². The zero-order valence-electron chi connectivity index (χ0n) is 13.6. The molecule has 0 bridgehead atoms. The topological polar surface area (TPSA) is 84.8 Å². The molecule has 8 heteroatoms. The smallest absolute Gasteiger partial charge is 0.180 e. The SMILES string of the molecule is Cc1nc([C@@H]2CN(Cc3cn(C(C)(C)C)nn3)CCO2)n[nH]1. The Labute approximate surface area is 129 Å². The molecule has 2 aromatic rings. The monoisotopic (exact) mass is 305 g/mol. The lowest BCUT2D eigenvalue weighted by molar-refractivity contribution is -0.0374. The van der Waals surface area contributed by atoms with Crippen molar-refractivity contribution in [2.75, 3.05) is 19.7 Å². The summed E-state index contributed by atoms with van der Waals surface area (Å²) in [5.74, 6) is 1.53. The third kappa shape index (κ3) is 3.33. The number of nitrogens with one attached hydrogen (secondary N) is 1. The van der Waals surface area contributed by atoms with E-state index in [1.807, 2.05) is 17.8 Å². The summed E-state index contributed by atoms with van der Waals surface area (Å²) in [6, 6.07) is 0. The Balaban J connectivity index is 1.64. The quantitative estimate of drug-likeness (QED) is 0.912. The van der Waals surface area contributed by atoms with Gasteiger partial charge in [-0.3, -0.25) is 10.00 Å². The first kappa shape index (κ1) is 15.1. The molecule has 0 aliphatic carbocycles. The van der Waals surface area contributed by atoms with Crippen LogP contribution in [0.3, 0.4) is 0 Å². The number of H-pyrrole nitrogens is 1. The molecular formula is C14H23N7O. The second kappa shape index (κ2) is 5.77. The predicted molar refractivity (Wildman–Crippen MR) is 80.1 cm³/mol. The molecule has 120 valence electrons. The number of rotatable bonds is 3. The van der Waals surface area contributed by atoms with Gasteiger partial charge in [-0.25, -0.2) is 9.67 Å². The molecule has 0 spiro atoms. The lowest BCUT2D eigenvalue weighted by atomic mass is 10.1. The van der Waals surface area contributed by atoms with Gasteiger partial charge in [0.05, 0.1) is 24.0 Å². The maximum Gasteiger partial charge on any atom is 0.180 e. The van der Waals surface area contributed by atoms with Gasteiger partial charge in [0.2, 0.25) is 0 Å². The van der Waals surface area contributed by atoms with Crippen molar-refractivity contribution < 1.29 is 4.74 Å². The molecule has 1 saturated heterocycles. The number of nitrogens with zero attached hydrogens (tertiary/aromatic N) is 6. The number of aromatic amines is 1. The average molecular weight is 305 g/mol. The molecule has 1 aliphatic heterocycles. The summed E-state index contributed by atoms with van der Waals surface area (Å²) >= 11 is 0. The lowest BCUT2D eigenvalue weighted by Gasteiger charge is -2.30. The molecule has 0 saturated carbocycles. The zero-order chi connectivity index (χ0) is 15.7. The molecule has 22 heavy (non-hydrogen) atoms. The van der Waals surface area contributed by atoms with Crippen molar-refractivity contribution in [3.63, 3.8) is 0 Å². The Hall–Kier alpha value is -1.80. The fourth-order valence-corrected chi connectivity index (χ4v) is 2.43. The summed E-state index contributed by atoms with van der Waals surface area (Å²) in [7, 11) is 0. The molecule has 8 nitrogen and oxygen atoms in total. The molecular weight excluding hydrogens is 282 g/mol. The summed E-state index contributed by atoms with van der Waals surface area (Å²) < 4.78 is 7.68. The summed E-state index contributed by atoms with van der Waals surface area (Å²) in [6.07, 6.45) is 1.93. The first-order chi connectivity index (χ1) is 10.4. The Morgan fingerprint density at radius 3 is 2.86 bits per heavy atom. The standard InChI is InChI=1S/C14H23N7O/c1-10-15-13(18-16-10)12-9-20(5-6-22-12)7-11-8-21(19-17-11)14(2,3)4/h8,12H,5-7,9H2,1-4H3,(H,15,16,18)/t12-/m0/s1. The highest BCUT2D eigenvalue weighted by Gasteiger charge is 2.26. The second-order valence-electron chi connectivity index (χ2n) is 6.70. The van der Waals surface area contributed by atoms with Crippen LogP contribution in [0.25, 0.3) is 0 Å². The number of hydrogen-bond acceptors (Lipinski definition) is 6. The highest BCUT2D eigenvalue weighted by molar-refractivity contribution is 4.98. The minimum atomic E-state index is -0.0867. The van der Waals surface area contributed by atoms with E-state index in [9.17, 15) is 0 Å². The van der Waals surface area contributed by atoms with Crippen LogP contribution in [0.15, 0.2) is 6.20 Å². The van der Waals surface area contributed by atoms with Gasteiger partial charge in [-0.1, -0.05) is 5.21 Å². The third-order valence-corrected chi connectivity index (χ3v) is 3.67. The maximum absolute atomic E-state index is 5.78. The summed E-state index contributed by atoms with van der Waals surface area (Å²) in [5.41, 5.74) is 0.927. The van der Waals surface area contributed by atoms with Crippen molar-refractivity contribution in [3.05, 3.63) is 23.5 Å². The zero-order valence-corrected chi connectivity index (χ0v) is 13.6. The Bertz CT molecular complexity index is 627. The summed E-state index contributed by atoms with van der Waals surface area (Å²) in [5, 5.41) is 15.5. The van der Waals surface area contributed by atoms with Gasteiger partial charge < -0.3 is 4.74 Å². The van der Waals surface area contributed by atoms with Gasteiger partial charge in [0, 0.05) is 19.6 Å². The largest absolute Gasteiger partial charge is 0.367 e. The van der Waals surface area contributed by atoms with Crippen LogP contribution in [0.5, 0.6) is 0 Å². The van der Waals surface area contributed by atoms with E-state index >= 15 is 0 Å². The first-order valence-corrected chi connectivity index (χ1v) is 7.56. The number of morpholine rings is 1. The minimum Gasteiger partial charge on any atom is -0.367 e. The van der Waals surface area contributed by atoms with Crippen molar-refractivity contribution in [2.45, 2.75) is 45.9 Å². The van der Waals surface area contributed by atoms with Crippen LogP contribution >= 0.6 is 0 Å². The van der Waals surface area contributed by atoms with Crippen LogP contribution in [0, 0.1) is 6.92 Å². The molecule has 1 aliphatic rings. The maximum atomic E-state index is 5.78. The van der Waals surface area contributed by atoms with Crippen LogP contribution in [0.1, 0.15) is 44.2 Å². The normalized spacial score (nSPS) is 20.5. The van der Waals surface area contributed by atoms with Crippen LogP contribution in [0.2, 0.25) is 0 Å². The van der Waals surface area contributed by atoms with E-state index in [1.54, 1.807) is 0 Å². The van der Waals surface area contributed by atoms with Gasteiger partial charge in [-0.15, -0.1) is 5.10 Å². The fourth-order valence-electron chi connectivity index (χ4n) is 2.43. The molecule has 0 radical (unpaired) electrons. The molecule has 1 atom stereocenters. The summed E-state index contributed by atoms with van der Waals surface area (Å²) in [4.78, 5) is 6.66. The van der Waals surface area contributed by atoms with Crippen LogP contribution < -0.4 is 0 Å². The Morgan fingerprint density at radius 1 is 1.41 bits per heavy atom. The Kier molecular flexibility index (Phi) is 3.96. The van der Waals surface area contributed by atoms with Crippen molar-refractivity contribution in [1.82, 2.24) is 35.1 Å². The van der Waals surface area contributed by atoms with Gasteiger partial charge in [0.25, 0.3) is 0 Å². The third-order valence-electron chi connectivity index (χ3n) is 3.67. The molecule has 2 aromatic heterocycles. The van der Waals surface area contributed by atoms with Crippen LogP contribution in [-0.4, -0.2) is 54.8 Å². The van der Waals surface area contributed by atoms with E-state index in [-0.39, 0.29) is 11.6 Å². The van der Waals surface area contributed by atoms with E-state index in [1.165, 1.54) is 0 Å². The van der Waals surface area contributed by atoms with E-state index in [4.69, 9.17) is 4.74 Å². The van der Waals surface area contributed by atoms with Crippen molar-refractivity contribution in [3.8, 4) is 0 Å². The van der Waals surface area contributed by atoms with Crippen LogP contribution in [-0.2, 0) is 16.8 Å². The van der Waals surface area contributed by atoms with Crippen molar-refractivity contribution >= 4 is 0 Å². The van der Waals surface area contributed by atoms with Gasteiger partial charge in [0.1, 0.15) is 11.9 Å². The lowest BCUT2D eigenvalue weighted by Crippen LogP contribution is -2.38. The number of aromatic nitrogens is 6. The number of aryl methyl sites for hydroxylation is 1.